The van der Waals surface area contributed by atoms with E-state index in [-0.39, 0.29) is 5.82 Å². The van der Waals surface area contributed by atoms with Crippen molar-refractivity contribution in [1.82, 2.24) is 9.97 Å². The van der Waals surface area contributed by atoms with Crippen LogP contribution in [-0.4, -0.2) is 9.97 Å². The Morgan fingerprint density at radius 3 is 2.56 bits per heavy atom. The predicted octanol–water partition coefficient (Wildman–Crippen LogP) is 3.55. The van der Waals surface area contributed by atoms with Crippen molar-refractivity contribution in [2.45, 2.75) is 25.7 Å². The first-order chi connectivity index (χ1) is 8.70. The molecule has 0 saturated heterocycles. The number of benzene rings is 1. The Bertz CT molecular complexity index is 562. The van der Waals surface area contributed by atoms with Crippen LogP contribution in [0.5, 0.6) is 0 Å². The monoisotopic (exact) mass is 243 g/mol. The lowest BCUT2D eigenvalue weighted by Gasteiger charge is -2.07. The number of aromatic nitrogens is 2. The summed E-state index contributed by atoms with van der Waals surface area (Å²) in [6.07, 6.45) is 2.43. The molecule has 0 amide bonds. The van der Waals surface area contributed by atoms with Crippen LogP contribution in [0, 0.1) is 12.7 Å². The zero-order valence-corrected chi connectivity index (χ0v) is 10.2. The SMILES string of the molecule is Cc1cc(C2CC2)nc(Nc2ccc(F)cc2)n1. The second-order valence-electron chi connectivity index (χ2n) is 4.66. The van der Waals surface area contributed by atoms with Gasteiger partial charge in [0.15, 0.2) is 0 Å². The molecule has 0 bridgehead atoms. The minimum atomic E-state index is -0.246. The topological polar surface area (TPSA) is 37.8 Å². The number of halogens is 1. The molecule has 0 unspecified atom stereocenters. The van der Waals surface area contributed by atoms with Crippen LogP contribution in [-0.2, 0) is 0 Å². The van der Waals surface area contributed by atoms with Gasteiger partial charge in [-0.15, -0.1) is 0 Å². The molecule has 18 heavy (non-hydrogen) atoms. The molecule has 2 aromatic rings. The third-order valence-electron chi connectivity index (χ3n) is 2.97. The number of hydrogen-bond acceptors (Lipinski definition) is 3. The lowest BCUT2D eigenvalue weighted by Crippen LogP contribution is -2.01. The highest BCUT2D eigenvalue weighted by Crippen LogP contribution is 2.39. The molecule has 1 aliphatic carbocycles. The first kappa shape index (κ1) is 11.1. The van der Waals surface area contributed by atoms with Gasteiger partial charge in [0.1, 0.15) is 5.82 Å². The Balaban J connectivity index is 1.85. The van der Waals surface area contributed by atoms with Crippen LogP contribution < -0.4 is 5.32 Å². The van der Waals surface area contributed by atoms with E-state index in [4.69, 9.17) is 0 Å². The molecule has 92 valence electrons. The Morgan fingerprint density at radius 1 is 1.17 bits per heavy atom. The molecule has 1 aromatic heterocycles. The van der Waals surface area contributed by atoms with E-state index in [1.807, 2.05) is 13.0 Å². The van der Waals surface area contributed by atoms with Gasteiger partial charge in [-0.3, -0.25) is 0 Å². The number of hydrogen-bond donors (Lipinski definition) is 1. The summed E-state index contributed by atoms with van der Waals surface area (Å²) < 4.78 is 12.8. The van der Waals surface area contributed by atoms with Gasteiger partial charge < -0.3 is 5.32 Å². The molecule has 3 rings (SSSR count). The molecular weight excluding hydrogens is 229 g/mol. The summed E-state index contributed by atoms with van der Waals surface area (Å²) in [6, 6.07) is 8.23. The van der Waals surface area contributed by atoms with Gasteiger partial charge in [-0.25, -0.2) is 14.4 Å². The fourth-order valence-electron chi connectivity index (χ4n) is 1.90. The summed E-state index contributed by atoms with van der Waals surface area (Å²) in [5.74, 6) is 0.938. The minimum absolute atomic E-state index is 0.246. The van der Waals surface area contributed by atoms with E-state index < -0.39 is 0 Å². The van der Waals surface area contributed by atoms with Gasteiger partial charge in [0, 0.05) is 23.0 Å². The fraction of sp³-hybridized carbons (Fsp3) is 0.286. The molecular formula is C14H14FN3. The van der Waals surface area contributed by atoms with Crippen LogP contribution in [0.3, 0.4) is 0 Å². The number of nitrogens with one attached hydrogen (secondary N) is 1. The minimum Gasteiger partial charge on any atom is -0.324 e. The molecule has 0 radical (unpaired) electrons. The average molecular weight is 243 g/mol. The molecule has 0 aliphatic heterocycles. The molecule has 1 fully saturated rings. The van der Waals surface area contributed by atoms with Crippen molar-refractivity contribution in [3.63, 3.8) is 0 Å². The van der Waals surface area contributed by atoms with Crippen molar-refractivity contribution >= 4 is 11.6 Å². The summed E-state index contributed by atoms with van der Waals surface area (Å²) >= 11 is 0. The summed E-state index contributed by atoms with van der Waals surface area (Å²) in [6.45, 7) is 1.96. The van der Waals surface area contributed by atoms with E-state index >= 15 is 0 Å². The molecule has 1 heterocycles. The van der Waals surface area contributed by atoms with Crippen LogP contribution in [0.25, 0.3) is 0 Å². The van der Waals surface area contributed by atoms with Crippen LogP contribution in [0.4, 0.5) is 16.0 Å². The Morgan fingerprint density at radius 2 is 1.89 bits per heavy atom. The molecule has 1 N–H and O–H groups in total. The Labute approximate surface area is 105 Å². The Kier molecular flexibility index (Phi) is 2.70. The van der Waals surface area contributed by atoms with E-state index in [0.717, 1.165) is 17.1 Å². The van der Waals surface area contributed by atoms with Crippen LogP contribution in [0.1, 0.15) is 30.1 Å². The number of nitrogens with zero attached hydrogens (tertiary/aromatic N) is 2. The second-order valence-corrected chi connectivity index (χ2v) is 4.66. The van der Waals surface area contributed by atoms with Gasteiger partial charge >= 0.3 is 0 Å². The van der Waals surface area contributed by atoms with Crippen LogP contribution >= 0.6 is 0 Å². The first-order valence-corrected chi connectivity index (χ1v) is 6.09. The van der Waals surface area contributed by atoms with Crippen molar-refractivity contribution in [2.24, 2.45) is 0 Å². The number of rotatable bonds is 3. The van der Waals surface area contributed by atoms with E-state index in [9.17, 15) is 4.39 Å². The normalized spacial score (nSPS) is 14.6. The first-order valence-electron chi connectivity index (χ1n) is 6.09. The van der Waals surface area contributed by atoms with Gasteiger partial charge in [0.2, 0.25) is 5.95 Å². The average Bonchev–Trinajstić information content (AvgIpc) is 3.15. The van der Waals surface area contributed by atoms with Crippen molar-refractivity contribution in [3.05, 3.63) is 47.5 Å². The summed E-state index contributed by atoms with van der Waals surface area (Å²) in [4.78, 5) is 8.84. The summed E-state index contributed by atoms with van der Waals surface area (Å²) in [5, 5.41) is 3.11. The molecule has 1 saturated carbocycles. The predicted molar refractivity (Wildman–Crippen MR) is 68.4 cm³/mol. The molecule has 4 heteroatoms. The van der Waals surface area contributed by atoms with Gasteiger partial charge in [0.25, 0.3) is 0 Å². The standard InChI is InChI=1S/C14H14FN3/c1-9-8-13(10-2-3-10)18-14(16-9)17-12-6-4-11(15)5-7-12/h4-8,10H,2-3H2,1H3,(H,16,17,18). The lowest BCUT2D eigenvalue weighted by molar-refractivity contribution is 0.628. The van der Waals surface area contributed by atoms with Gasteiger partial charge in [0.05, 0.1) is 0 Å². The van der Waals surface area contributed by atoms with Crippen LogP contribution in [0.15, 0.2) is 30.3 Å². The van der Waals surface area contributed by atoms with E-state index in [1.165, 1.54) is 25.0 Å². The fourth-order valence-corrected chi connectivity index (χ4v) is 1.90. The van der Waals surface area contributed by atoms with Gasteiger partial charge in [-0.2, -0.15) is 0 Å². The molecule has 3 nitrogen and oxygen atoms in total. The molecule has 0 atom stereocenters. The van der Waals surface area contributed by atoms with Gasteiger partial charge in [-0.1, -0.05) is 0 Å². The highest BCUT2D eigenvalue weighted by molar-refractivity contribution is 5.53. The number of anilines is 2. The van der Waals surface area contributed by atoms with Gasteiger partial charge in [-0.05, 0) is 50.1 Å². The van der Waals surface area contributed by atoms with E-state index in [0.29, 0.717) is 11.9 Å². The maximum absolute atomic E-state index is 12.8. The van der Waals surface area contributed by atoms with Crippen molar-refractivity contribution in [1.29, 1.82) is 0 Å². The third-order valence-corrected chi connectivity index (χ3v) is 2.97. The highest BCUT2D eigenvalue weighted by Gasteiger charge is 2.25. The summed E-state index contributed by atoms with van der Waals surface area (Å²) in [7, 11) is 0. The zero-order chi connectivity index (χ0) is 12.5. The van der Waals surface area contributed by atoms with E-state index in [1.54, 1.807) is 12.1 Å². The lowest BCUT2D eigenvalue weighted by atomic mass is 10.2. The molecule has 1 aliphatic rings. The maximum atomic E-state index is 12.8. The smallest absolute Gasteiger partial charge is 0.227 e. The van der Waals surface area contributed by atoms with Crippen molar-refractivity contribution < 1.29 is 4.39 Å². The molecule has 0 spiro atoms. The van der Waals surface area contributed by atoms with Crippen molar-refractivity contribution in [3.8, 4) is 0 Å². The van der Waals surface area contributed by atoms with Crippen LogP contribution in [0.2, 0.25) is 0 Å². The maximum Gasteiger partial charge on any atom is 0.227 e. The number of aryl methyl sites for hydroxylation is 1. The highest BCUT2D eigenvalue weighted by atomic mass is 19.1. The zero-order valence-electron chi connectivity index (χ0n) is 10.2. The summed E-state index contributed by atoms with van der Waals surface area (Å²) in [5.41, 5.74) is 2.85. The second kappa shape index (κ2) is 4.37. The van der Waals surface area contributed by atoms with Crippen molar-refractivity contribution in [2.75, 3.05) is 5.32 Å². The molecule has 1 aromatic carbocycles. The van der Waals surface area contributed by atoms with E-state index in [2.05, 4.69) is 15.3 Å². The largest absolute Gasteiger partial charge is 0.324 e. The quantitative estimate of drug-likeness (QED) is 0.895. The third kappa shape index (κ3) is 2.47. The Hall–Kier alpha value is -1.97.